The Labute approximate surface area is 201 Å². The summed E-state index contributed by atoms with van der Waals surface area (Å²) in [6.07, 6.45) is -4.32. The Morgan fingerprint density at radius 2 is 1.31 bits per heavy atom. The first-order valence-corrected chi connectivity index (χ1v) is 13.6. The molecule has 4 rings (SSSR count). The second-order valence-corrected chi connectivity index (χ2v) is 12.4. The van der Waals surface area contributed by atoms with Crippen LogP contribution in [0.15, 0.2) is 82.6 Å². The quantitative estimate of drug-likeness (QED) is 0.340. The Bertz CT molecular complexity index is 1410. The van der Waals surface area contributed by atoms with Crippen molar-refractivity contribution in [2.75, 3.05) is 13.1 Å². The minimum Gasteiger partial charge on any atom is -0.223 e. The summed E-state index contributed by atoms with van der Waals surface area (Å²) in [6.45, 7) is -0.0222. The van der Waals surface area contributed by atoms with E-state index in [1.165, 1.54) is 52.8 Å². The first-order chi connectivity index (χ1) is 16.4. The average molecular weight is 528 g/mol. The fourth-order valence-corrected chi connectivity index (χ4v) is 7.24. The number of benzene rings is 3. The summed E-state index contributed by atoms with van der Waals surface area (Å²) in [6, 6.07) is 14.8. The molecule has 0 amide bonds. The van der Waals surface area contributed by atoms with Crippen molar-refractivity contribution in [3.8, 4) is 11.1 Å². The van der Waals surface area contributed by atoms with Gasteiger partial charge in [-0.25, -0.2) is 21.2 Å². The van der Waals surface area contributed by atoms with E-state index in [-0.39, 0.29) is 35.7 Å². The highest BCUT2D eigenvalue weighted by molar-refractivity contribution is 7.92. The fourth-order valence-electron chi connectivity index (χ4n) is 4.04. The lowest BCUT2D eigenvalue weighted by Gasteiger charge is -2.31. The van der Waals surface area contributed by atoms with Crippen molar-refractivity contribution in [2.24, 2.45) is 0 Å². The van der Waals surface area contributed by atoms with Crippen LogP contribution in [0.1, 0.15) is 18.4 Å². The Hall–Kier alpha value is -2.76. The van der Waals surface area contributed by atoms with Gasteiger partial charge in [0.1, 0.15) is 5.82 Å². The van der Waals surface area contributed by atoms with Crippen LogP contribution in [-0.2, 0) is 26.0 Å². The van der Waals surface area contributed by atoms with Crippen LogP contribution in [-0.4, -0.2) is 39.5 Å². The number of nitrogens with zero attached hydrogens (tertiary/aromatic N) is 1. The molecule has 0 radical (unpaired) electrons. The van der Waals surface area contributed by atoms with Crippen molar-refractivity contribution < 1.29 is 34.4 Å². The van der Waals surface area contributed by atoms with Crippen LogP contribution in [0.2, 0.25) is 0 Å². The predicted molar refractivity (Wildman–Crippen MR) is 122 cm³/mol. The summed E-state index contributed by atoms with van der Waals surface area (Å²) >= 11 is 0. The SMILES string of the molecule is O=S(=O)(c1ccc(F)cc1)C1CCN(S(=O)(=O)c2ccc(-c3cccc(C(F)(F)F)c3)cc2)CC1. The number of alkyl halides is 3. The van der Waals surface area contributed by atoms with E-state index in [9.17, 15) is 34.4 Å². The first-order valence-electron chi connectivity index (χ1n) is 10.7. The minimum atomic E-state index is -4.49. The van der Waals surface area contributed by atoms with Crippen molar-refractivity contribution in [2.45, 2.75) is 34.1 Å². The lowest BCUT2D eigenvalue weighted by Crippen LogP contribution is -2.42. The van der Waals surface area contributed by atoms with E-state index in [4.69, 9.17) is 0 Å². The number of halogens is 4. The van der Waals surface area contributed by atoms with Gasteiger partial charge in [-0.3, -0.25) is 0 Å². The lowest BCUT2D eigenvalue weighted by atomic mass is 10.0. The molecule has 0 bridgehead atoms. The predicted octanol–water partition coefficient (Wildman–Crippen LogP) is 5.14. The van der Waals surface area contributed by atoms with Crippen LogP contribution >= 0.6 is 0 Å². The molecule has 0 saturated carbocycles. The summed E-state index contributed by atoms with van der Waals surface area (Å²) in [5.41, 5.74) is -0.0695. The Balaban J connectivity index is 1.48. The summed E-state index contributed by atoms with van der Waals surface area (Å²) < 4.78 is 105. The van der Waals surface area contributed by atoms with E-state index in [2.05, 4.69) is 0 Å². The number of rotatable bonds is 5. The van der Waals surface area contributed by atoms with Gasteiger partial charge >= 0.3 is 6.18 Å². The van der Waals surface area contributed by atoms with Crippen molar-refractivity contribution in [1.29, 1.82) is 0 Å². The molecule has 11 heteroatoms. The van der Waals surface area contributed by atoms with E-state index in [1.54, 1.807) is 0 Å². The average Bonchev–Trinajstić information content (AvgIpc) is 2.84. The van der Waals surface area contributed by atoms with Crippen LogP contribution in [0.5, 0.6) is 0 Å². The third-order valence-electron chi connectivity index (χ3n) is 6.00. The van der Waals surface area contributed by atoms with Gasteiger partial charge in [0.2, 0.25) is 10.0 Å². The normalized spacial score (nSPS) is 16.3. The molecule has 1 aliphatic heterocycles. The van der Waals surface area contributed by atoms with E-state index >= 15 is 0 Å². The Morgan fingerprint density at radius 1 is 0.743 bits per heavy atom. The molecule has 0 spiro atoms. The smallest absolute Gasteiger partial charge is 0.223 e. The zero-order chi connectivity index (χ0) is 25.4. The molecule has 3 aromatic carbocycles. The highest BCUT2D eigenvalue weighted by Crippen LogP contribution is 2.33. The Kier molecular flexibility index (Phi) is 6.78. The molecule has 0 atom stereocenters. The highest BCUT2D eigenvalue weighted by atomic mass is 32.2. The van der Waals surface area contributed by atoms with E-state index in [0.717, 1.165) is 24.3 Å². The van der Waals surface area contributed by atoms with Gasteiger partial charge in [0.05, 0.1) is 20.6 Å². The van der Waals surface area contributed by atoms with Crippen LogP contribution in [0, 0.1) is 5.82 Å². The number of hydrogen-bond acceptors (Lipinski definition) is 4. The third-order valence-corrected chi connectivity index (χ3v) is 10.2. The number of piperidine rings is 1. The fraction of sp³-hybridized carbons (Fsp3) is 0.250. The van der Waals surface area contributed by atoms with Gasteiger partial charge in [0.15, 0.2) is 9.84 Å². The second-order valence-electron chi connectivity index (χ2n) is 8.21. The van der Waals surface area contributed by atoms with Gasteiger partial charge < -0.3 is 0 Å². The summed E-state index contributed by atoms with van der Waals surface area (Å²) in [7, 11) is -7.65. The van der Waals surface area contributed by atoms with Crippen molar-refractivity contribution in [3.63, 3.8) is 0 Å². The van der Waals surface area contributed by atoms with Gasteiger partial charge in [-0.2, -0.15) is 17.5 Å². The van der Waals surface area contributed by atoms with Gasteiger partial charge in [-0.05, 0) is 72.5 Å². The van der Waals surface area contributed by atoms with Gasteiger partial charge in [-0.15, -0.1) is 0 Å². The van der Waals surface area contributed by atoms with Crippen LogP contribution in [0.3, 0.4) is 0 Å². The molecule has 0 aromatic heterocycles. The maximum atomic E-state index is 13.1. The molecular weight excluding hydrogens is 506 g/mol. The third kappa shape index (κ3) is 5.26. The zero-order valence-electron chi connectivity index (χ0n) is 18.2. The summed E-state index contributed by atoms with van der Waals surface area (Å²) in [4.78, 5) is -0.0431. The zero-order valence-corrected chi connectivity index (χ0v) is 19.9. The topological polar surface area (TPSA) is 71.5 Å². The molecule has 35 heavy (non-hydrogen) atoms. The highest BCUT2D eigenvalue weighted by Gasteiger charge is 2.36. The molecule has 1 aliphatic rings. The summed E-state index contributed by atoms with van der Waals surface area (Å²) in [5, 5.41) is -0.789. The number of sulfonamides is 1. The molecule has 3 aromatic rings. The number of hydrogen-bond donors (Lipinski definition) is 0. The molecular formula is C24H21F4NO4S2. The van der Waals surface area contributed by atoms with E-state index in [0.29, 0.717) is 11.1 Å². The molecule has 186 valence electrons. The molecule has 0 unspecified atom stereocenters. The standard InChI is InChI=1S/C24H21F4NO4S2/c25-20-6-10-21(11-7-20)34(30,31)22-12-14-29(15-13-22)35(32,33)23-8-4-17(5-9-23)18-2-1-3-19(16-18)24(26,27)28/h1-11,16,22H,12-15H2. The molecule has 5 nitrogen and oxygen atoms in total. The van der Waals surface area contributed by atoms with Crippen molar-refractivity contribution in [3.05, 3.63) is 84.2 Å². The molecule has 0 aliphatic carbocycles. The molecule has 1 saturated heterocycles. The van der Waals surface area contributed by atoms with Crippen LogP contribution in [0.25, 0.3) is 11.1 Å². The van der Waals surface area contributed by atoms with E-state index in [1.807, 2.05) is 0 Å². The van der Waals surface area contributed by atoms with Crippen molar-refractivity contribution >= 4 is 19.9 Å². The number of sulfone groups is 1. The lowest BCUT2D eigenvalue weighted by molar-refractivity contribution is -0.137. The summed E-state index contributed by atoms with van der Waals surface area (Å²) in [5.74, 6) is -0.552. The van der Waals surface area contributed by atoms with Gasteiger partial charge in [0, 0.05) is 13.1 Å². The maximum absolute atomic E-state index is 13.1. The van der Waals surface area contributed by atoms with Gasteiger partial charge in [0.25, 0.3) is 0 Å². The van der Waals surface area contributed by atoms with E-state index < -0.39 is 42.7 Å². The van der Waals surface area contributed by atoms with Crippen LogP contribution < -0.4 is 0 Å². The largest absolute Gasteiger partial charge is 0.416 e. The Morgan fingerprint density at radius 3 is 1.89 bits per heavy atom. The molecule has 0 N–H and O–H groups in total. The molecule has 1 fully saturated rings. The van der Waals surface area contributed by atoms with Crippen molar-refractivity contribution in [1.82, 2.24) is 4.31 Å². The first kappa shape index (κ1) is 25.3. The monoisotopic (exact) mass is 527 g/mol. The van der Waals surface area contributed by atoms with Crippen LogP contribution in [0.4, 0.5) is 17.6 Å². The second kappa shape index (κ2) is 9.36. The minimum absolute atomic E-state index is 0.00890. The molecule has 1 heterocycles. The van der Waals surface area contributed by atoms with Gasteiger partial charge in [-0.1, -0.05) is 24.3 Å². The maximum Gasteiger partial charge on any atom is 0.416 e.